The lowest BCUT2D eigenvalue weighted by Crippen LogP contribution is -2.46. The third-order valence-corrected chi connectivity index (χ3v) is 5.37. The molecule has 0 N–H and O–H groups in total. The molecule has 0 atom stereocenters. The summed E-state index contributed by atoms with van der Waals surface area (Å²) in [5.41, 5.74) is 3.39. The van der Waals surface area contributed by atoms with E-state index < -0.39 is 0 Å². The number of aryl methyl sites for hydroxylation is 1. The van der Waals surface area contributed by atoms with E-state index in [0.717, 1.165) is 44.2 Å². The molecular weight excluding hydrogens is 390 g/mol. The number of fused-ring (bicyclic) bond motifs is 1. The second-order valence-corrected chi connectivity index (χ2v) is 7.30. The number of amides is 2. The number of benzene rings is 2. The van der Waals surface area contributed by atoms with Gasteiger partial charge in [0.15, 0.2) is 0 Å². The molecule has 4 rings (SSSR count). The van der Waals surface area contributed by atoms with E-state index in [0.29, 0.717) is 17.7 Å². The summed E-state index contributed by atoms with van der Waals surface area (Å²) in [6.45, 7) is 7.35. The molecule has 7 heteroatoms. The average molecular weight is 416 g/mol. The molecule has 2 aromatic carbocycles. The van der Waals surface area contributed by atoms with Crippen molar-refractivity contribution in [3.05, 3.63) is 65.2 Å². The summed E-state index contributed by atoms with van der Waals surface area (Å²) in [5.74, 6) is -0.736. The molecule has 0 aromatic heterocycles. The fourth-order valence-electron chi connectivity index (χ4n) is 3.71. The molecule has 154 valence electrons. The highest BCUT2D eigenvalue weighted by Crippen LogP contribution is 2.22. The molecule has 0 radical (unpaired) electrons. The van der Waals surface area contributed by atoms with Gasteiger partial charge in [0, 0.05) is 38.4 Å². The maximum absolute atomic E-state index is 12.3. The van der Waals surface area contributed by atoms with Gasteiger partial charge >= 0.3 is 0 Å². The van der Waals surface area contributed by atoms with E-state index in [9.17, 15) is 9.59 Å². The molecule has 0 unspecified atom stereocenters. The van der Waals surface area contributed by atoms with Crippen molar-refractivity contribution in [3.8, 4) is 0 Å². The lowest BCUT2D eigenvalue weighted by Gasteiger charge is -2.36. The number of imide groups is 1. The van der Waals surface area contributed by atoms with E-state index >= 15 is 0 Å². The summed E-state index contributed by atoms with van der Waals surface area (Å²) in [4.78, 5) is 34.8. The Bertz CT molecular complexity index is 829. The highest BCUT2D eigenvalue weighted by molar-refractivity contribution is 6.20. The van der Waals surface area contributed by atoms with Gasteiger partial charge in [0.1, 0.15) is 0 Å². The summed E-state index contributed by atoms with van der Waals surface area (Å²) in [6, 6.07) is 15.5. The van der Waals surface area contributed by atoms with E-state index in [4.69, 9.17) is 4.84 Å². The summed E-state index contributed by atoms with van der Waals surface area (Å²) < 4.78 is 0. The van der Waals surface area contributed by atoms with Gasteiger partial charge in [-0.3, -0.25) is 19.3 Å². The minimum absolute atomic E-state index is 0. The Kier molecular flexibility index (Phi) is 6.90. The quantitative estimate of drug-likeness (QED) is 0.536. The van der Waals surface area contributed by atoms with Crippen LogP contribution in [0.25, 0.3) is 0 Å². The predicted molar refractivity (Wildman–Crippen MR) is 115 cm³/mol. The zero-order chi connectivity index (χ0) is 19.5. The van der Waals surface area contributed by atoms with Gasteiger partial charge in [-0.25, -0.2) is 0 Å². The summed E-state index contributed by atoms with van der Waals surface area (Å²) in [7, 11) is 0. The standard InChI is InChI=1S/C22H25N3O3.ClH/c1-17-7-9-18(10-8-17)24-14-12-23(13-15-24)11-4-16-28-25-21(26)19-5-2-3-6-20(19)22(25)27;/h2-3,5-10H,4,11-16H2,1H3;1H. The number of piperazine rings is 1. The molecule has 6 nitrogen and oxygen atoms in total. The zero-order valence-electron chi connectivity index (χ0n) is 16.5. The van der Waals surface area contributed by atoms with Gasteiger partial charge in [0.25, 0.3) is 11.8 Å². The molecule has 2 amide bonds. The van der Waals surface area contributed by atoms with E-state index in [1.54, 1.807) is 24.3 Å². The molecule has 0 bridgehead atoms. The van der Waals surface area contributed by atoms with Crippen molar-refractivity contribution in [3.63, 3.8) is 0 Å². The van der Waals surface area contributed by atoms with Crippen LogP contribution >= 0.6 is 12.4 Å². The van der Waals surface area contributed by atoms with Crippen LogP contribution in [0.3, 0.4) is 0 Å². The van der Waals surface area contributed by atoms with E-state index in [1.807, 2.05) is 0 Å². The third-order valence-electron chi connectivity index (χ3n) is 5.37. The molecule has 0 spiro atoms. The number of nitrogens with zero attached hydrogens (tertiary/aromatic N) is 3. The van der Waals surface area contributed by atoms with Gasteiger partial charge in [-0.2, -0.15) is 0 Å². The second kappa shape index (κ2) is 9.39. The first-order valence-electron chi connectivity index (χ1n) is 9.78. The van der Waals surface area contributed by atoms with Crippen molar-refractivity contribution >= 4 is 29.9 Å². The number of rotatable bonds is 6. The molecule has 1 saturated heterocycles. The van der Waals surface area contributed by atoms with Crippen molar-refractivity contribution in [2.24, 2.45) is 0 Å². The topological polar surface area (TPSA) is 53.1 Å². The van der Waals surface area contributed by atoms with Crippen molar-refractivity contribution in [2.75, 3.05) is 44.2 Å². The number of hydrogen-bond acceptors (Lipinski definition) is 5. The van der Waals surface area contributed by atoms with Crippen LogP contribution in [0.1, 0.15) is 32.7 Å². The van der Waals surface area contributed by atoms with Crippen LogP contribution in [0.4, 0.5) is 5.69 Å². The number of carbonyl (C=O) groups excluding carboxylic acids is 2. The Hall–Kier alpha value is -2.41. The van der Waals surface area contributed by atoms with Crippen LogP contribution in [-0.2, 0) is 4.84 Å². The third kappa shape index (κ3) is 4.61. The van der Waals surface area contributed by atoms with Gasteiger partial charge in [0.05, 0.1) is 17.7 Å². The first kappa shape index (κ1) is 21.3. The number of carbonyl (C=O) groups is 2. The van der Waals surface area contributed by atoms with Crippen molar-refractivity contribution in [1.29, 1.82) is 0 Å². The molecule has 0 aliphatic carbocycles. The van der Waals surface area contributed by atoms with Crippen LogP contribution in [0.15, 0.2) is 48.5 Å². The van der Waals surface area contributed by atoms with Crippen molar-refractivity contribution in [1.82, 2.24) is 9.96 Å². The van der Waals surface area contributed by atoms with Crippen molar-refractivity contribution in [2.45, 2.75) is 13.3 Å². The minimum Gasteiger partial charge on any atom is -0.369 e. The Labute approximate surface area is 177 Å². The Morgan fingerprint density at radius 2 is 1.45 bits per heavy atom. The summed E-state index contributed by atoms with van der Waals surface area (Å²) >= 11 is 0. The molecule has 2 aliphatic heterocycles. The zero-order valence-corrected chi connectivity index (χ0v) is 17.4. The fraction of sp³-hybridized carbons (Fsp3) is 0.364. The molecule has 1 fully saturated rings. The monoisotopic (exact) mass is 415 g/mol. The minimum atomic E-state index is -0.368. The average Bonchev–Trinajstić information content (AvgIpc) is 2.97. The Morgan fingerprint density at radius 3 is 2.03 bits per heavy atom. The molecule has 2 aliphatic rings. The molecule has 2 aromatic rings. The summed E-state index contributed by atoms with van der Waals surface area (Å²) in [5, 5.41) is 0.903. The van der Waals surface area contributed by atoms with Gasteiger partial charge < -0.3 is 4.90 Å². The van der Waals surface area contributed by atoms with Crippen LogP contribution in [0.2, 0.25) is 0 Å². The summed E-state index contributed by atoms with van der Waals surface area (Å²) in [6.07, 6.45) is 0.776. The van der Waals surface area contributed by atoms with Gasteiger partial charge in [-0.15, -0.1) is 17.5 Å². The first-order chi connectivity index (χ1) is 13.6. The number of hydrogen-bond donors (Lipinski definition) is 0. The number of anilines is 1. The van der Waals surface area contributed by atoms with Crippen LogP contribution in [0, 0.1) is 6.92 Å². The van der Waals surface area contributed by atoms with Crippen LogP contribution in [0.5, 0.6) is 0 Å². The van der Waals surface area contributed by atoms with Crippen LogP contribution < -0.4 is 4.90 Å². The fourth-order valence-corrected chi connectivity index (χ4v) is 3.71. The lowest BCUT2D eigenvalue weighted by atomic mass is 10.1. The largest absolute Gasteiger partial charge is 0.369 e. The van der Waals surface area contributed by atoms with Crippen molar-refractivity contribution < 1.29 is 14.4 Å². The van der Waals surface area contributed by atoms with Gasteiger partial charge in [-0.05, 0) is 37.6 Å². The molecule has 2 heterocycles. The Balaban J connectivity index is 0.00000240. The maximum atomic E-state index is 12.3. The van der Waals surface area contributed by atoms with E-state index in [1.165, 1.54) is 11.3 Å². The van der Waals surface area contributed by atoms with Gasteiger partial charge in [-0.1, -0.05) is 29.8 Å². The molecular formula is C22H26ClN3O3. The van der Waals surface area contributed by atoms with E-state index in [2.05, 4.69) is 41.0 Å². The first-order valence-corrected chi connectivity index (χ1v) is 9.78. The predicted octanol–water partition coefficient (Wildman–Crippen LogP) is 3.16. The normalized spacial score (nSPS) is 16.7. The highest BCUT2D eigenvalue weighted by Gasteiger charge is 2.36. The smallest absolute Gasteiger partial charge is 0.285 e. The SMILES string of the molecule is Cc1ccc(N2CCN(CCCON3C(=O)c4ccccc4C3=O)CC2)cc1.Cl. The van der Waals surface area contributed by atoms with E-state index in [-0.39, 0.29) is 24.2 Å². The second-order valence-electron chi connectivity index (χ2n) is 7.30. The van der Waals surface area contributed by atoms with Crippen LogP contribution in [-0.4, -0.2) is 61.1 Å². The molecule has 29 heavy (non-hydrogen) atoms. The molecule has 0 saturated carbocycles. The highest BCUT2D eigenvalue weighted by atomic mass is 35.5. The number of hydroxylamine groups is 2. The maximum Gasteiger partial charge on any atom is 0.285 e. The van der Waals surface area contributed by atoms with Gasteiger partial charge in [0.2, 0.25) is 0 Å². The number of halogens is 1. The Morgan fingerprint density at radius 1 is 0.862 bits per heavy atom. The lowest BCUT2D eigenvalue weighted by molar-refractivity contribution is -0.0930.